The minimum atomic E-state index is -0.878. The fourth-order valence-electron chi connectivity index (χ4n) is 4.70. The maximum Gasteiger partial charge on any atom is 0.147 e. The molecule has 32 heavy (non-hydrogen) atoms. The first-order valence-electron chi connectivity index (χ1n) is 11.0. The number of aromatic nitrogens is 4. The van der Waals surface area contributed by atoms with Crippen molar-refractivity contribution < 1.29 is 5.11 Å². The number of rotatable bonds is 4. The van der Waals surface area contributed by atoms with Gasteiger partial charge in [-0.3, -0.25) is 9.25 Å². The molecule has 5 nitrogen and oxygen atoms in total. The van der Waals surface area contributed by atoms with Gasteiger partial charge >= 0.3 is 0 Å². The van der Waals surface area contributed by atoms with E-state index in [1.807, 2.05) is 50.1 Å². The van der Waals surface area contributed by atoms with Gasteiger partial charge in [-0.05, 0) is 55.5 Å². The van der Waals surface area contributed by atoms with Crippen molar-refractivity contribution in [2.75, 3.05) is 0 Å². The van der Waals surface area contributed by atoms with Gasteiger partial charge in [-0.1, -0.05) is 49.4 Å². The lowest BCUT2D eigenvalue weighted by molar-refractivity contribution is 0.0786. The molecule has 0 atom stereocenters. The van der Waals surface area contributed by atoms with Gasteiger partial charge in [0.2, 0.25) is 0 Å². The van der Waals surface area contributed by atoms with Crippen molar-refractivity contribution in [1.29, 1.82) is 0 Å². The minimum Gasteiger partial charge on any atom is -0.386 e. The van der Waals surface area contributed by atoms with Crippen LogP contribution in [0.25, 0.3) is 38.9 Å². The van der Waals surface area contributed by atoms with E-state index in [0.717, 1.165) is 50.9 Å². The standard InChI is InChI=1S/C27H28N4O/c1-6-21-23-25-19(16-29-30(25)5)15-28-26(23)31(22-10-8-7-9-17(22)2)24(21)18-11-13-20(14-12-18)27(3,4)32/h7-16,32H,6H2,1-5H3. The predicted molar refractivity (Wildman–Crippen MR) is 130 cm³/mol. The van der Waals surface area contributed by atoms with Crippen LogP contribution in [0, 0.1) is 6.92 Å². The average molecular weight is 425 g/mol. The molecule has 0 fully saturated rings. The van der Waals surface area contributed by atoms with Crippen molar-refractivity contribution in [2.45, 2.75) is 39.7 Å². The van der Waals surface area contributed by atoms with Crippen LogP contribution < -0.4 is 0 Å². The zero-order chi connectivity index (χ0) is 22.6. The van der Waals surface area contributed by atoms with Crippen molar-refractivity contribution in [3.8, 4) is 16.9 Å². The topological polar surface area (TPSA) is 55.9 Å². The molecule has 1 N–H and O–H groups in total. The van der Waals surface area contributed by atoms with Gasteiger partial charge in [0.15, 0.2) is 0 Å². The highest BCUT2D eigenvalue weighted by Gasteiger charge is 2.24. The van der Waals surface area contributed by atoms with Gasteiger partial charge in [0, 0.05) is 24.0 Å². The molecular formula is C27H28N4O. The first-order chi connectivity index (χ1) is 15.3. The van der Waals surface area contributed by atoms with E-state index >= 15 is 0 Å². The third-order valence-electron chi connectivity index (χ3n) is 6.35. The molecule has 0 spiro atoms. The Bertz CT molecular complexity index is 1450. The zero-order valence-corrected chi connectivity index (χ0v) is 19.2. The molecule has 3 heterocycles. The molecule has 3 aromatic heterocycles. The minimum absolute atomic E-state index is 0.865. The molecule has 5 aromatic rings. The van der Waals surface area contributed by atoms with Gasteiger partial charge < -0.3 is 5.11 Å². The second-order valence-corrected chi connectivity index (χ2v) is 8.97. The molecule has 0 amide bonds. The number of nitrogens with zero attached hydrogens (tertiary/aromatic N) is 4. The van der Waals surface area contributed by atoms with Crippen molar-refractivity contribution >= 4 is 21.9 Å². The van der Waals surface area contributed by atoms with E-state index in [4.69, 9.17) is 4.98 Å². The summed E-state index contributed by atoms with van der Waals surface area (Å²) < 4.78 is 4.23. The van der Waals surface area contributed by atoms with Gasteiger partial charge in [0.05, 0.1) is 28.7 Å². The summed E-state index contributed by atoms with van der Waals surface area (Å²) in [5.74, 6) is 0. The van der Waals surface area contributed by atoms with E-state index in [1.54, 1.807) is 0 Å². The van der Waals surface area contributed by atoms with Crippen LogP contribution in [0.5, 0.6) is 0 Å². The summed E-state index contributed by atoms with van der Waals surface area (Å²) >= 11 is 0. The molecule has 0 bridgehead atoms. The summed E-state index contributed by atoms with van der Waals surface area (Å²) in [5, 5.41) is 17.1. The monoisotopic (exact) mass is 424 g/mol. The van der Waals surface area contributed by atoms with Gasteiger partial charge in [-0.15, -0.1) is 0 Å². The Morgan fingerprint density at radius 1 is 1.00 bits per heavy atom. The molecule has 2 aromatic carbocycles. The van der Waals surface area contributed by atoms with Crippen molar-refractivity contribution in [3.05, 3.63) is 77.6 Å². The van der Waals surface area contributed by atoms with Crippen LogP contribution in [0.4, 0.5) is 0 Å². The molecule has 0 saturated carbocycles. The quantitative estimate of drug-likeness (QED) is 0.404. The van der Waals surface area contributed by atoms with Crippen LogP contribution in [0.3, 0.4) is 0 Å². The molecule has 5 heteroatoms. The lowest BCUT2D eigenvalue weighted by Crippen LogP contribution is -2.15. The van der Waals surface area contributed by atoms with Gasteiger partial charge in [0.1, 0.15) is 5.65 Å². The average Bonchev–Trinajstić information content (AvgIpc) is 3.31. The normalized spacial score (nSPS) is 12.2. The smallest absolute Gasteiger partial charge is 0.147 e. The maximum absolute atomic E-state index is 10.4. The summed E-state index contributed by atoms with van der Waals surface area (Å²) in [7, 11) is 1.99. The SMILES string of the molecule is CCc1c(-c2ccc(C(C)(C)O)cc2)n(-c2ccccc2C)c2ncc3cnn(C)c3c12. The van der Waals surface area contributed by atoms with Crippen LogP contribution in [0.1, 0.15) is 37.5 Å². The van der Waals surface area contributed by atoms with Crippen molar-refractivity contribution in [3.63, 3.8) is 0 Å². The molecule has 0 aliphatic carbocycles. The van der Waals surface area contributed by atoms with Crippen LogP contribution in [-0.4, -0.2) is 24.4 Å². The van der Waals surface area contributed by atoms with Crippen molar-refractivity contribution in [2.24, 2.45) is 7.05 Å². The molecule has 0 saturated heterocycles. The predicted octanol–water partition coefficient (Wildman–Crippen LogP) is 5.68. The molecule has 0 aliphatic heterocycles. The lowest BCUT2D eigenvalue weighted by Gasteiger charge is -2.19. The third-order valence-corrected chi connectivity index (χ3v) is 6.35. The van der Waals surface area contributed by atoms with Gasteiger partial charge in [0.25, 0.3) is 0 Å². The molecule has 0 radical (unpaired) electrons. The molecule has 0 unspecified atom stereocenters. The fraction of sp³-hybridized carbons (Fsp3) is 0.259. The number of fused-ring (bicyclic) bond motifs is 3. The summed E-state index contributed by atoms with van der Waals surface area (Å²) in [6.07, 6.45) is 4.66. The molecule has 0 aliphatic rings. The highest BCUT2D eigenvalue weighted by atomic mass is 16.3. The Kier molecular flexibility index (Phi) is 4.68. The van der Waals surface area contributed by atoms with E-state index < -0.39 is 5.60 Å². The van der Waals surface area contributed by atoms with Crippen LogP contribution in [0.15, 0.2) is 60.9 Å². The lowest BCUT2D eigenvalue weighted by atomic mass is 9.95. The van der Waals surface area contributed by atoms with Crippen LogP contribution >= 0.6 is 0 Å². The second kappa shape index (κ2) is 7.31. The number of pyridine rings is 1. The summed E-state index contributed by atoms with van der Waals surface area (Å²) in [5.41, 5.74) is 7.86. The first-order valence-corrected chi connectivity index (χ1v) is 11.0. The highest BCUT2D eigenvalue weighted by Crippen LogP contribution is 2.40. The largest absolute Gasteiger partial charge is 0.386 e. The van der Waals surface area contributed by atoms with E-state index in [0.29, 0.717) is 0 Å². The number of hydrogen-bond donors (Lipinski definition) is 1. The molecule has 162 valence electrons. The first kappa shape index (κ1) is 20.5. The van der Waals surface area contributed by atoms with E-state index in [1.165, 1.54) is 11.1 Å². The Labute approximate surface area is 188 Å². The molecule has 5 rings (SSSR count). The number of benzene rings is 2. The molecular weight excluding hydrogens is 396 g/mol. The van der Waals surface area contributed by atoms with Crippen LogP contribution in [0.2, 0.25) is 0 Å². The Balaban J connectivity index is 1.93. The Hall–Kier alpha value is -3.44. The van der Waals surface area contributed by atoms with Crippen LogP contribution in [-0.2, 0) is 19.1 Å². The van der Waals surface area contributed by atoms with Gasteiger partial charge in [-0.25, -0.2) is 4.98 Å². The number of hydrogen-bond acceptors (Lipinski definition) is 3. The fourth-order valence-corrected chi connectivity index (χ4v) is 4.70. The summed E-state index contributed by atoms with van der Waals surface area (Å²) in [6.45, 7) is 7.96. The summed E-state index contributed by atoms with van der Waals surface area (Å²) in [4.78, 5) is 4.92. The van der Waals surface area contributed by atoms with E-state index in [2.05, 4.69) is 59.9 Å². The number of aryl methyl sites for hydroxylation is 3. The number of aliphatic hydroxyl groups is 1. The van der Waals surface area contributed by atoms with Crippen molar-refractivity contribution in [1.82, 2.24) is 19.3 Å². The van der Waals surface area contributed by atoms with E-state index in [9.17, 15) is 5.11 Å². The number of para-hydroxylation sites is 1. The Morgan fingerprint density at radius 2 is 1.72 bits per heavy atom. The summed E-state index contributed by atoms with van der Waals surface area (Å²) in [6, 6.07) is 16.7. The third kappa shape index (κ3) is 3.04. The highest BCUT2D eigenvalue weighted by molar-refractivity contribution is 6.08. The Morgan fingerprint density at radius 3 is 2.38 bits per heavy atom. The van der Waals surface area contributed by atoms with Gasteiger partial charge in [-0.2, -0.15) is 5.10 Å². The van der Waals surface area contributed by atoms with E-state index in [-0.39, 0.29) is 0 Å². The second-order valence-electron chi connectivity index (χ2n) is 8.97. The zero-order valence-electron chi connectivity index (χ0n) is 19.2. The maximum atomic E-state index is 10.4.